The van der Waals surface area contributed by atoms with Crippen molar-refractivity contribution < 1.29 is 19.2 Å². The van der Waals surface area contributed by atoms with Crippen LogP contribution in [0.3, 0.4) is 0 Å². The number of hydrogen-bond donors (Lipinski definition) is 2. The number of anilines is 1. The van der Waals surface area contributed by atoms with Gasteiger partial charge in [0.2, 0.25) is 0 Å². The molecule has 3 aromatic rings. The number of aryl methyl sites for hydroxylation is 1. The Morgan fingerprint density at radius 3 is 2.50 bits per heavy atom. The molecule has 0 radical (unpaired) electrons. The summed E-state index contributed by atoms with van der Waals surface area (Å²) in [5, 5.41) is 15.6. The second-order valence-electron chi connectivity index (χ2n) is 5.95. The molecule has 0 bridgehead atoms. The van der Waals surface area contributed by atoms with Gasteiger partial charge in [0.1, 0.15) is 11.3 Å². The van der Waals surface area contributed by atoms with E-state index in [4.69, 9.17) is 4.74 Å². The minimum absolute atomic E-state index is 0.162. The fourth-order valence-electron chi connectivity index (χ4n) is 2.45. The summed E-state index contributed by atoms with van der Waals surface area (Å²) < 4.78 is 6.31. The predicted octanol–water partition coefficient (Wildman–Crippen LogP) is 4.21. The van der Waals surface area contributed by atoms with Gasteiger partial charge in [0, 0.05) is 24.1 Å². The lowest BCUT2D eigenvalue weighted by atomic mass is 10.1. The summed E-state index contributed by atoms with van der Waals surface area (Å²) in [5.41, 5.74) is 0.469. The predicted molar refractivity (Wildman–Crippen MR) is 111 cm³/mol. The quantitative estimate of drug-likeness (QED) is 0.419. The zero-order valence-electron chi connectivity index (χ0n) is 15.5. The Balaban J connectivity index is 1.65. The van der Waals surface area contributed by atoms with Gasteiger partial charge in [-0.25, -0.2) is 14.8 Å². The molecule has 30 heavy (non-hydrogen) atoms. The summed E-state index contributed by atoms with van der Waals surface area (Å²) in [6.07, 6.45) is 3.10. The first-order valence-electron chi connectivity index (χ1n) is 8.45. The van der Waals surface area contributed by atoms with E-state index in [-0.39, 0.29) is 11.6 Å². The van der Waals surface area contributed by atoms with Gasteiger partial charge in [0.05, 0.1) is 9.40 Å². The van der Waals surface area contributed by atoms with Crippen molar-refractivity contribution in [3.63, 3.8) is 0 Å². The second kappa shape index (κ2) is 9.09. The van der Waals surface area contributed by atoms with E-state index >= 15 is 0 Å². The number of nitrogens with one attached hydrogen (secondary N) is 2. The molecule has 0 saturated heterocycles. The summed E-state index contributed by atoms with van der Waals surface area (Å²) in [6.45, 7) is 1.76. The molecule has 0 atom stereocenters. The summed E-state index contributed by atoms with van der Waals surface area (Å²) >= 11 is 3.24. The van der Waals surface area contributed by atoms with Crippen molar-refractivity contribution in [1.29, 1.82) is 0 Å². The van der Waals surface area contributed by atoms with E-state index in [1.165, 1.54) is 24.3 Å². The van der Waals surface area contributed by atoms with E-state index in [9.17, 15) is 19.7 Å². The van der Waals surface area contributed by atoms with Gasteiger partial charge in [-0.3, -0.25) is 20.2 Å². The van der Waals surface area contributed by atoms with Crippen molar-refractivity contribution in [2.45, 2.75) is 6.92 Å². The smallest absolute Gasteiger partial charge is 0.326 e. The van der Waals surface area contributed by atoms with E-state index in [0.29, 0.717) is 21.5 Å². The number of imide groups is 1. The molecule has 3 amide bonds. The lowest BCUT2D eigenvalue weighted by Crippen LogP contribution is -2.34. The Morgan fingerprint density at radius 2 is 1.83 bits per heavy atom. The van der Waals surface area contributed by atoms with Crippen molar-refractivity contribution in [2.75, 3.05) is 5.32 Å². The molecule has 0 saturated carbocycles. The molecule has 0 unspecified atom stereocenters. The van der Waals surface area contributed by atoms with Crippen molar-refractivity contribution in [3.05, 3.63) is 80.6 Å². The van der Waals surface area contributed by atoms with Gasteiger partial charge in [0.15, 0.2) is 0 Å². The van der Waals surface area contributed by atoms with Gasteiger partial charge in [-0.1, -0.05) is 12.1 Å². The van der Waals surface area contributed by atoms with E-state index in [2.05, 4.69) is 36.5 Å². The van der Waals surface area contributed by atoms with Gasteiger partial charge >= 0.3 is 12.0 Å². The molecule has 0 spiro atoms. The van der Waals surface area contributed by atoms with Crippen LogP contribution in [0.1, 0.15) is 15.9 Å². The molecule has 10 nitrogen and oxygen atoms in total. The van der Waals surface area contributed by atoms with Crippen LogP contribution >= 0.6 is 15.9 Å². The molecule has 1 aromatic heterocycles. The van der Waals surface area contributed by atoms with Crippen LogP contribution in [-0.4, -0.2) is 26.8 Å². The average molecular weight is 472 g/mol. The standard InChI is InChI=1S/C19H14BrN5O5/c1-11-8-13(6-7-16(11)30-19-21-9-12(20)10-22-19)23-18(27)24-17(26)14-4-2-3-5-15(14)25(28)29/h2-10H,1H3,(H2,23,24,26,27). The highest BCUT2D eigenvalue weighted by atomic mass is 79.9. The highest BCUT2D eigenvalue weighted by Crippen LogP contribution is 2.25. The van der Waals surface area contributed by atoms with Gasteiger partial charge < -0.3 is 10.1 Å². The normalized spacial score (nSPS) is 10.2. The number of carbonyl (C=O) groups excluding carboxylic acids is 2. The number of para-hydroxylation sites is 1. The number of urea groups is 1. The number of aromatic nitrogens is 2. The third-order valence-corrected chi connectivity index (χ3v) is 4.21. The fraction of sp³-hybridized carbons (Fsp3) is 0.0526. The third-order valence-electron chi connectivity index (χ3n) is 3.80. The van der Waals surface area contributed by atoms with Crippen molar-refractivity contribution in [2.24, 2.45) is 0 Å². The molecular weight excluding hydrogens is 458 g/mol. The number of nitro groups is 1. The number of nitrogens with zero attached hydrogens (tertiary/aromatic N) is 3. The number of halogens is 1. The Morgan fingerprint density at radius 1 is 1.13 bits per heavy atom. The lowest BCUT2D eigenvalue weighted by Gasteiger charge is -2.10. The molecule has 0 aliphatic heterocycles. The van der Waals surface area contributed by atoms with Crippen molar-refractivity contribution in [1.82, 2.24) is 15.3 Å². The van der Waals surface area contributed by atoms with Crippen LogP contribution in [0, 0.1) is 17.0 Å². The van der Waals surface area contributed by atoms with E-state index in [1.54, 1.807) is 37.5 Å². The highest BCUT2D eigenvalue weighted by Gasteiger charge is 2.21. The molecule has 2 aromatic carbocycles. The maximum absolute atomic E-state index is 12.2. The average Bonchev–Trinajstić information content (AvgIpc) is 2.71. The van der Waals surface area contributed by atoms with Crippen molar-refractivity contribution >= 4 is 39.2 Å². The van der Waals surface area contributed by atoms with Gasteiger partial charge in [-0.05, 0) is 52.7 Å². The first-order chi connectivity index (χ1) is 14.3. The number of rotatable bonds is 5. The summed E-state index contributed by atoms with van der Waals surface area (Å²) in [5.74, 6) is -0.400. The first kappa shape index (κ1) is 20.9. The molecule has 0 aliphatic rings. The van der Waals surface area contributed by atoms with Crippen molar-refractivity contribution in [3.8, 4) is 11.8 Å². The minimum Gasteiger partial charge on any atom is -0.424 e. The highest BCUT2D eigenvalue weighted by molar-refractivity contribution is 9.10. The Labute approximate surface area is 178 Å². The van der Waals surface area contributed by atoms with E-state index in [0.717, 1.165) is 0 Å². The SMILES string of the molecule is Cc1cc(NC(=O)NC(=O)c2ccccc2[N+](=O)[O-])ccc1Oc1ncc(Br)cn1. The third kappa shape index (κ3) is 5.14. The number of nitro benzene ring substituents is 1. The monoisotopic (exact) mass is 471 g/mol. The van der Waals surface area contributed by atoms with Crippen LogP contribution in [0.4, 0.5) is 16.2 Å². The molecular formula is C19H14BrN5O5. The maximum Gasteiger partial charge on any atom is 0.326 e. The second-order valence-corrected chi connectivity index (χ2v) is 6.86. The molecule has 3 rings (SSSR count). The Kier molecular flexibility index (Phi) is 6.32. The van der Waals surface area contributed by atoms with Gasteiger partial charge in [-0.15, -0.1) is 0 Å². The largest absolute Gasteiger partial charge is 0.424 e. The van der Waals surface area contributed by atoms with Crippen LogP contribution < -0.4 is 15.4 Å². The van der Waals surface area contributed by atoms with E-state index < -0.39 is 22.5 Å². The van der Waals surface area contributed by atoms with Crippen LogP contribution in [0.5, 0.6) is 11.8 Å². The van der Waals surface area contributed by atoms with Gasteiger partial charge in [0.25, 0.3) is 11.6 Å². The summed E-state index contributed by atoms with van der Waals surface area (Å²) in [7, 11) is 0. The molecule has 0 aliphatic carbocycles. The zero-order valence-corrected chi connectivity index (χ0v) is 17.0. The number of amides is 3. The zero-order chi connectivity index (χ0) is 21.7. The number of hydrogen-bond acceptors (Lipinski definition) is 7. The Bertz CT molecular complexity index is 1120. The topological polar surface area (TPSA) is 136 Å². The van der Waals surface area contributed by atoms with Crippen LogP contribution in [0.15, 0.2) is 59.3 Å². The Hall–Kier alpha value is -3.86. The van der Waals surface area contributed by atoms with Gasteiger partial charge in [-0.2, -0.15) is 0 Å². The summed E-state index contributed by atoms with van der Waals surface area (Å²) in [6, 6.07) is 9.49. The lowest BCUT2D eigenvalue weighted by molar-refractivity contribution is -0.385. The number of carbonyl (C=O) groups is 2. The minimum atomic E-state index is -0.885. The first-order valence-corrected chi connectivity index (χ1v) is 9.24. The summed E-state index contributed by atoms with van der Waals surface area (Å²) in [4.78, 5) is 42.7. The fourth-order valence-corrected chi connectivity index (χ4v) is 2.66. The van der Waals surface area contributed by atoms with Crippen LogP contribution in [0.25, 0.3) is 0 Å². The number of ether oxygens (including phenoxy) is 1. The maximum atomic E-state index is 12.2. The molecule has 152 valence electrons. The molecule has 1 heterocycles. The molecule has 2 N–H and O–H groups in total. The van der Waals surface area contributed by atoms with Crippen LogP contribution in [0.2, 0.25) is 0 Å². The molecule has 0 fully saturated rings. The molecule has 11 heteroatoms. The number of benzene rings is 2. The van der Waals surface area contributed by atoms with E-state index in [1.807, 2.05) is 0 Å². The van der Waals surface area contributed by atoms with Crippen LogP contribution in [-0.2, 0) is 0 Å².